The van der Waals surface area contributed by atoms with Crippen LogP contribution in [0.1, 0.15) is 22.7 Å². The van der Waals surface area contributed by atoms with Gasteiger partial charge in [0.05, 0.1) is 12.6 Å². The van der Waals surface area contributed by atoms with Crippen molar-refractivity contribution in [3.05, 3.63) is 71.3 Å². The van der Waals surface area contributed by atoms with Crippen molar-refractivity contribution in [1.82, 2.24) is 4.90 Å². The van der Waals surface area contributed by atoms with E-state index in [0.717, 1.165) is 19.6 Å². The maximum Gasteiger partial charge on any atom is 0.260 e. The average molecular weight is 295 g/mol. The van der Waals surface area contributed by atoms with E-state index < -0.39 is 0 Å². The summed E-state index contributed by atoms with van der Waals surface area (Å²) in [6.07, 6.45) is 1.09. The monoisotopic (exact) mass is 295 g/mol. The molecule has 2 atom stereocenters. The van der Waals surface area contributed by atoms with Gasteiger partial charge in [0.1, 0.15) is 0 Å². The first-order valence-electron chi connectivity index (χ1n) is 7.38. The summed E-state index contributed by atoms with van der Waals surface area (Å²) in [7, 11) is 0. The van der Waals surface area contributed by atoms with Crippen molar-refractivity contribution < 1.29 is 4.74 Å². The van der Waals surface area contributed by atoms with Crippen LogP contribution in [0.2, 0.25) is 0 Å². The van der Waals surface area contributed by atoms with Crippen molar-refractivity contribution in [1.29, 1.82) is 0 Å². The second-order valence-electron chi connectivity index (χ2n) is 5.80. The predicted molar refractivity (Wildman–Crippen MR) is 86.9 cm³/mol. The standard InChI is InChI=1S/C18H17NOS/c21-18-19(11-13-6-2-1-3-7-13)17-15(12-20-18)10-14-8-4-5-9-16(14)17/h1-9,15,17H,10-12H2/t15-,17+/m1/s1. The highest BCUT2D eigenvalue weighted by atomic mass is 32.1. The van der Waals surface area contributed by atoms with Crippen LogP contribution in [-0.2, 0) is 17.7 Å². The third kappa shape index (κ3) is 2.22. The molecule has 2 aliphatic rings. The Bertz CT molecular complexity index is 670. The molecule has 106 valence electrons. The molecular formula is C18H17NOS. The lowest BCUT2D eigenvalue weighted by atomic mass is 9.98. The van der Waals surface area contributed by atoms with Gasteiger partial charge in [0, 0.05) is 12.5 Å². The second-order valence-corrected chi connectivity index (χ2v) is 6.15. The Hall–Kier alpha value is -1.87. The zero-order chi connectivity index (χ0) is 14.2. The molecule has 4 rings (SSSR count). The molecule has 2 aromatic rings. The molecule has 0 bridgehead atoms. The van der Waals surface area contributed by atoms with E-state index in [2.05, 4.69) is 53.4 Å². The van der Waals surface area contributed by atoms with Crippen LogP contribution >= 0.6 is 12.2 Å². The highest BCUT2D eigenvalue weighted by Gasteiger charge is 2.41. The number of rotatable bonds is 2. The van der Waals surface area contributed by atoms with Gasteiger partial charge in [-0.3, -0.25) is 0 Å². The van der Waals surface area contributed by atoms with Crippen LogP contribution in [0.4, 0.5) is 0 Å². The summed E-state index contributed by atoms with van der Waals surface area (Å²) in [6.45, 7) is 1.55. The minimum absolute atomic E-state index is 0.364. The lowest BCUT2D eigenvalue weighted by Gasteiger charge is -2.39. The molecule has 1 aliphatic carbocycles. The Morgan fingerprint density at radius 1 is 1.05 bits per heavy atom. The topological polar surface area (TPSA) is 12.5 Å². The number of nitrogens with zero attached hydrogens (tertiary/aromatic N) is 1. The van der Waals surface area contributed by atoms with Crippen LogP contribution in [0.15, 0.2) is 54.6 Å². The van der Waals surface area contributed by atoms with Crippen LogP contribution in [0.3, 0.4) is 0 Å². The molecule has 0 N–H and O–H groups in total. The Labute approximate surface area is 130 Å². The van der Waals surface area contributed by atoms with Gasteiger partial charge in [-0.2, -0.15) is 0 Å². The van der Waals surface area contributed by atoms with Crippen LogP contribution in [0.5, 0.6) is 0 Å². The van der Waals surface area contributed by atoms with Crippen molar-refractivity contribution in [2.75, 3.05) is 6.61 Å². The Morgan fingerprint density at radius 3 is 2.67 bits per heavy atom. The fourth-order valence-electron chi connectivity index (χ4n) is 3.55. The first kappa shape index (κ1) is 12.8. The molecule has 21 heavy (non-hydrogen) atoms. The summed E-state index contributed by atoms with van der Waals surface area (Å²) < 4.78 is 5.77. The quantitative estimate of drug-likeness (QED) is 0.784. The van der Waals surface area contributed by atoms with Gasteiger partial charge in [-0.15, -0.1) is 0 Å². The molecular weight excluding hydrogens is 278 g/mol. The van der Waals surface area contributed by atoms with E-state index in [-0.39, 0.29) is 0 Å². The molecule has 3 heteroatoms. The molecule has 0 saturated carbocycles. The summed E-state index contributed by atoms with van der Waals surface area (Å²) in [6, 6.07) is 19.6. The van der Waals surface area contributed by atoms with Crippen molar-refractivity contribution in [3.63, 3.8) is 0 Å². The van der Waals surface area contributed by atoms with Crippen LogP contribution in [0, 0.1) is 5.92 Å². The van der Waals surface area contributed by atoms with Gasteiger partial charge in [-0.25, -0.2) is 0 Å². The van der Waals surface area contributed by atoms with Crippen molar-refractivity contribution in [3.8, 4) is 0 Å². The SMILES string of the molecule is S=C1OC[C@H]2Cc3ccccc3[C@H]2N1Cc1ccccc1. The number of fused-ring (bicyclic) bond motifs is 3. The number of hydrogen-bond acceptors (Lipinski definition) is 2. The van der Waals surface area contributed by atoms with Gasteiger partial charge in [-0.05, 0) is 35.3 Å². The third-order valence-corrected chi connectivity index (χ3v) is 4.84. The molecule has 2 nitrogen and oxygen atoms in total. The number of benzene rings is 2. The lowest BCUT2D eigenvalue weighted by Crippen LogP contribution is -2.43. The normalized spacial score (nSPS) is 23.4. The molecule has 1 heterocycles. The van der Waals surface area contributed by atoms with Crippen LogP contribution in [-0.4, -0.2) is 16.7 Å². The number of thiocarbonyl (C=S) groups is 1. The molecule has 0 amide bonds. The fraction of sp³-hybridized carbons (Fsp3) is 0.278. The Kier molecular flexibility index (Phi) is 3.15. The van der Waals surface area contributed by atoms with Gasteiger partial charge in [0.25, 0.3) is 5.17 Å². The zero-order valence-electron chi connectivity index (χ0n) is 11.7. The van der Waals surface area contributed by atoms with Gasteiger partial charge in [0.2, 0.25) is 0 Å². The van der Waals surface area contributed by atoms with Gasteiger partial charge in [0.15, 0.2) is 0 Å². The molecule has 1 fully saturated rings. The first-order valence-corrected chi connectivity index (χ1v) is 7.79. The number of ether oxygens (including phenoxy) is 1. The van der Waals surface area contributed by atoms with E-state index in [1.54, 1.807) is 0 Å². The second kappa shape index (κ2) is 5.15. The predicted octanol–water partition coefficient (Wildman–Crippen LogP) is 3.72. The maximum atomic E-state index is 5.77. The van der Waals surface area contributed by atoms with Gasteiger partial charge in [-0.1, -0.05) is 54.6 Å². The summed E-state index contributed by atoms with van der Waals surface area (Å²) in [5, 5.41) is 0.636. The van der Waals surface area contributed by atoms with Crippen molar-refractivity contribution in [2.24, 2.45) is 5.92 Å². The van der Waals surface area contributed by atoms with E-state index in [4.69, 9.17) is 17.0 Å². The van der Waals surface area contributed by atoms with E-state index in [1.807, 2.05) is 6.07 Å². The molecule has 2 aromatic carbocycles. The third-order valence-electron chi connectivity index (χ3n) is 4.49. The summed E-state index contributed by atoms with van der Waals surface area (Å²) in [5.74, 6) is 0.512. The average Bonchev–Trinajstić information content (AvgIpc) is 2.90. The van der Waals surface area contributed by atoms with E-state index in [1.165, 1.54) is 16.7 Å². The maximum absolute atomic E-state index is 5.77. The minimum atomic E-state index is 0.364. The lowest BCUT2D eigenvalue weighted by molar-refractivity contribution is 0.0783. The van der Waals surface area contributed by atoms with E-state index >= 15 is 0 Å². The molecule has 0 aromatic heterocycles. The summed E-state index contributed by atoms with van der Waals surface area (Å²) in [5.41, 5.74) is 4.14. The molecule has 1 aliphatic heterocycles. The highest BCUT2D eigenvalue weighted by molar-refractivity contribution is 7.80. The minimum Gasteiger partial charge on any atom is -0.470 e. The Balaban J connectivity index is 1.69. The Morgan fingerprint density at radius 2 is 1.81 bits per heavy atom. The van der Waals surface area contributed by atoms with Crippen molar-refractivity contribution >= 4 is 17.4 Å². The highest BCUT2D eigenvalue weighted by Crippen LogP contribution is 2.43. The molecule has 0 spiro atoms. The number of hydrogen-bond donors (Lipinski definition) is 0. The van der Waals surface area contributed by atoms with Gasteiger partial charge >= 0.3 is 0 Å². The van der Waals surface area contributed by atoms with Crippen molar-refractivity contribution in [2.45, 2.75) is 19.0 Å². The fourth-order valence-corrected chi connectivity index (χ4v) is 3.79. The smallest absolute Gasteiger partial charge is 0.260 e. The molecule has 0 unspecified atom stereocenters. The van der Waals surface area contributed by atoms with Crippen LogP contribution in [0.25, 0.3) is 0 Å². The van der Waals surface area contributed by atoms with Gasteiger partial charge < -0.3 is 9.64 Å². The zero-order valence-corrected chi connectivity index (χ0v) is 12.6. The molecule has 0 radical (unpaired) electrons. The molecule has 1 saturated heterocycles. The van der Waals surface area contributed by atoms with Crippen LogP contribution < -0.4 is 0 Å². The summed E-state index contributed by atoms with van der Waals surface area (Å²) >= 11 is 5.48. The first-order chi connectivity index (χ1) is 10.3. The van der Waals surface area contributed by atoms with E-state index in [0.29, 0.717) is 17.1 Å². The summed E-state index contributed by atoms with van der Waals surface area (Å²) in [4.78, 5) is 2.25. The largest absolute Gasteiger partial charge is 0.470 e. The van der Waals surface area contributed by atoms with E-state index in [9.17, 15) is 0 Å².